The normalized spacial score (nSPS) is 11.1. The van der Waals surface area contributed by atoms with Crippen molar-refractivity contribution in [3.63, 3.8) is 0 Å². The smallest absolute Gasteiger partial charge is 0.238 e. The highest BCUT2D eigenvalue weighted by molar-refractivity contribution is 7.98. The molecule has 0 atom stereocenters. The molecule has 0 saturated heterocycles. The predicted octanol–water partition coefficient (Wildman–Crippen LogP) is 3.35. The van der Waals surface area contributed by atoms with Crippen LogP contribution in [0.1, 0.15) is 16.7 Å². The van der Waals surface area contributed by atoms with Gasteiger partial charge in [-0.05, 0) is 37.3 Å². The van der Waals surface area contributed by atoms with Crippen LogP contribution in [0.2, 0.25) is 0 Å². The highest BCUT2D eigenvalue weighted by atomic mass is 32.2. The van der Waals surface area contributed by atoms with E-state index in [9.17, 15) is 13.7 Å². The van der Waals surface area contributed by atoms with Gasteiger partial charge in [-0.15, -0.1) is 0 Å². The summed E-state index contributed by atoms with van der Waals surface area (Å²) in [5.41, 5.74) is 3.91. The van der Waals surface area contributed by atoms with Gasteiger partial charge in [-0.1, -0.05) is 53.7 Å². The van der Waals surface area contributed by atoms with Crippen molar-refractivity contribution in [2.45, 2.75) is 23.4 Å². The number of thioether (sulfide) groups is 1. The minimum atomic E-state index is -3.70. The summed E-state index contributed by atoms with van der Waals surface area (Å²) in [6.45, 7) is 2.52. The first-order chi connectivity index (χ1) is 14.3. The van der Waals surface area contributed by atoms with Crippen LogP contribution < -0.4 is 10.5 Å². The first-order valence-electron chi connectivity index (χ1n) is 9.10. The van der Waals surface area contributed by atoms with E-state index < -0.39 is 10.0 Å². The van der Waals surface area contributed by atoms with Crippen LogP contribution in [0.5, 0.6) is 0 Å². The van der Waals surface area contributed by atoms with Gasteiger partial charge in [-0.3, -0.25) is 0 Å². The van der Waals surface area contributed by atoms with E-state index in [1.54, 1.807) is 12.1 Å². The molecule has 0 saturated carbocycles. The fraction of sp³-hybridized carbons (Fsp3) is 0.190. The maximum absolute atomic E-state index is 11.4. The van der Waals surface area contributed by atoms with Gasteiger partial charge in [-0.2, -0.15) is 5.26 Å². The molecule has 3 rings (SSSR count). The molecular weight excluding hydrogens is 418 g/mol. The standard InChI is InChI=1S/C21H21N5O2S2/c1-14-3-7-16(8-4-14)19-18(13-22)20(26-21(25-19)29-2)24-12-11-15-5-9-17(10-6-15)30(23,27)28/h3-10H,11-12H2,1-2H3,(H2,23,27,28)(H,24,25,26). The summed E-state index contributed by atoms with van der Waals surface area (Å²) in [6, 6.07) is 16.5. The Bertz CT molecular complexity index is 1190. The topological polar surface area (TPSA) is 122 Å². The molecule has 154 valence electrons. The number of aromatic nitrogens is 2. The van der Waals surface area contributed by atoms with Gasteiger partial charge in [0.15, 0.2) is 5.16 Å². The number of nitrogens with one attached hydrogen (secondary N) is 1. The number of benzene rings is 2. The van der Waals surface area contributed by atoms with Crippen LogP contribution in [0.15, 0.2) is 58.6 Å². The lowest BCUT2D eigenvalue weighted by molar-refractivity contribution is 0.598. The second kappa shape index (κ2) is 9.26. The van der Waals surface area contributed by atoms with Crippen LogP contribution in [0.3, 0.4) is 0 Å². The lowest BCUT2D eigenvalue weighted by Crippen LogP contribution is -2.12. The molecule has 0 aliphatic rings. The second-order valence-electron chi connectivity index (χ2n) is 6.63. The van der Waals surface area contributed by atoms with E-state index in [1.807, 2.05) is 37.4 Å². The van der Waals surface area contributed by atoms with Crippen LogP contribution >= 0.6 is 11.8 Å². The van der Waals surface area contributed by atoms with Gasteiger partial charge in [-0.25, -0.2) is 23.5 Å². The average molecular weight is 440 g/mol. The monoisotopic (exact) mass is 439 g/mol. The van der Waals surface area contributed by atoms with Gasteiger partial charge in [0.05, 0.1) is 10.6 Å². The third-order valence-electron chi connectivity index (χ3n) is 4.47. The molecule has 0 aliphatic heterocycles. The molecule has 0 unspecified atom stereocenters. The number of nitrogens with zero attached hydrogens (tertiary/aromatic N) is 3. The van der Waals surface area contributed by atoms with Crippen molar-refractivity contribution in [3.8, 4) is 17.3 Å². The molecule has 0 aliphatic carbocycles. The van der Waals surface area contributed by atoms with E-state index in [-0.39, 0.29) is 4.90 Å². The molecule has 0 radical (unpaired) electrons. The van der Waals surface area contributed by atoms with Crippen LogP contribution in [-0.4, -0.2) is 31.2 Å². The lowest BCUT2D eigenvalue weighted by atomic mass is 10.1. The Morgan fingerprint density at radius 2 is 1.77 bits per heavy atom. The lowest BCUT2D eigenvalue weighted by Gasteiger charge is -2.12. The quantitative estimate of drug-likeness (QED) is 0.427. The van der Waals surface area contributed by atoms with Crippen molar-refractivity contribution in [1.82, 2.24) is 9.97 Å². The fourth-order valence-corrected chi connectivity index (χ4v) is 3.74. The first kappa shape index (κ1) is 21.8. The van der Waals surface area contributed by atoms with E-state index in [2.05, 4.69) is 21.4 Å². The maximum atomic E-state index is 11.4. The zero-order valence-electron chi connectivity index (χ0n) is 16.6. The molecule has 1 aromatic heterocycles. The molecule has 3 N–H and O–H groups in total. The number of primary sulfonamides is 1. The molecule has 0 bridgehead atoms. The molecule has 0 amide bonds. The Labute approximate surface area is 180 Å². The highest BCUT2D eigenvalue weighted by Gasteiger charge is 2.16. The van der Waals surface area contributed by atoms with E-state index in [4.69, 9.17) is 5.14 Å². The molecule has 0 spiro atoms. The Kier molecular flexibility index (Phi) is 6.72. The van der Waals surface area contributed by atoms with Crippen LogP contribution in [0.25, 0.3) is 11.3 Å². The van der Waals surface area contributed by atoms with Crippen molar-refractivity contribution < 1.29 is 8.42 Å². The SMILES string of the molecule is CSc1nc(NCCc2ccc(S(N)(=O)=O)cc2)c(C#N)c(-c2ccc(C)cc2)n1. The molecule has 30 heavy (non-hydrogen) atoms. The highest BCUT2D eigenvalue weighted by Crippen LogP contribution is 2.28. The zero-order chi connectivity index (χ0) is 21.7. The van der Waals surface area contributed by atoms with E-state index in [0.29, 0.717) is 35.2 Å². The minimum Gasteiger partial charge on any atom is -0.368 e. The number of hydrogen-bond acceptors (Lipinski definition) is 7. The summed E-state index contributed by atoms with van der Waals surface area (Å²) >= 11 is 1.41. The number of nitriles is 1. The Morgan fingerprint density at radius 3 is 2.33 bits per heavy atom. The van der Waals surface area contributed by atoms with E-state index in [1.165, 1.54) is 23.9 Å². The Hall–Kier alpha value is -2.93. The van der Waals surface area contributed by atoms with Gasteiger partial charge < -0.3 is 5.32 Å². The van der Waals surface area contributed by atoms with Gasteiger partial charge in [0.2, 0.25) is 10.0 Å². The second-order valence-corrected chi connectivity index (χ2v) is 8.96. The largest absolute Gasteiger partial charge is 0.368 e. The molecule has 1 heterocycles. The van der Waals surface area contributed by atoms with Crippen molar-refractivity contribution in [2.24, 2.45) is 5.14 Å². The number of sulfonamides is 1. The third-order valence-corrected chi connectivity index (χ3v) is 5.94. The van der Waals surface area contributed by atoms with Gasteiger partial charge in [0, 0.05) is 12.1 Å². The number of rotatable bonds is 7. The summed E-state index contributed by atoms with van der Waals surface area (Å²) in [6.07, 6.45) is 2.51. The van der Waals surface area contributed by atoms with Crippen molar-refractivity contribution >= 4 is 27.6 Å². The molecule has 9 heteroatoms. The van der Waals surface area contributed by atoms with Crippen LogP contribution in [0.4, 0.5) is 5.82 Å². The average Bonchev–Trinajstić information content (AvgIpc) is 2.73. The van der Waals surface area contributed by atoms with Crippen LogP contribution in [-0.2, 0) is 16.4 Å². The Balaban J connectivity index is 1.82. The summed E-state index contributed by atoms with van der Waals surface area (Å²) in [5, 5.41) is 18.7. The molecular formula is C21H21N5O2S2. The molecule has 3 aromatic rings. The van der Waals surface area contributed by atoms with Crippen molar-refractivity contribution in [2.75, 3.05) is 18.1 Å². The minimum absolute atomic E-state index is 0.0779. The fourth-order valence-electron chi connectivity index (χ4n) is 2.86. The number of hydrogen-bond donors (Lipinski definition) is 2. The van der Waals surface area contributed by atoms with Crippen molar-refractivity contribution in [3.05, 3.63) is 65.2 Å². The third kappa shape index (κ3) is 5.16. The Morgan fingerprint density at radius 1 is 1.10 bits per heavy atom. The number of anilines is 1. The van der Waals surface area contributed by atoms with E-state index in [0.717, 1.165) is 16.7 Å². The summed E-state index contributed by atoms with van der Waals surface area (Å²) in [4.78, 5) is 9.09. The van der Waals surface area contributed by atoms with Crippen LogP contribution in [0, 0.1) is 18.3 Å². The predicted molar refractivity (Wildman–Crippen MR) is 119 cm³/mol. The van der Waals surface area contributed by atoms with Gasteiger partial charge in [0.1, 0.15) is 17.5 Å². The van der Waals surface area contributed by atoms with Gasteiger partial charge in [0.25, 0.3) is 0 Å². The number of aryl methyl sites for hydroxylation is 1. The number of nitrogens with two attached hydrogens (primary N) is 1. The van der Waals surface area contributed by atoms with E-state index >= 15 is 0 Å². The van der Waals surface area contributed by atoms with Gasteiger partial charge >= 0.3 is 0 Å². The zero-order valence-corrected chi connectivity index (χ0v) is 18.2. The maximum Gasteiger partial charge on any atom is 0.238 e. The van der Waals surface area contributed by atoms with Crippen molar-refractivity contribution in [1.29, 1.82) is 5.26 Å². The summed E-state index contributed by atoms with van der Waals surface area (Å²) in [5.74, 6) is 0.480. The first-order valence-corrected chi connectivity index (χ1v) is 11.9. The molecule has 7 nitrogen and oxygen atoms in total. The summed E-state index contributed by atoms with van der Waals surface area (Å²) in [7, 11) is -3.70. The summed E-state index contributed by atoms with van der Waals surface area (Å²) < 4.78 is 22.7. The molecule has 0 fully saturated rings. The molecule has 2 aromatic carbocycles.